The second-order valence-electron chi connectivity index (χ2n) is 4.05. The molecule has 1 rings (SSSR count). The molecule has 0 unspecified atom stereocenters. The number of aromatic nitrogens is 2. The van der Waals surface area contributed by atoms with Gasteiger partial charge in [-0.2, -0.15) is 0 Å². The van der Waals surface area contributed by atoms with E-state index in [2.05, 4.69) is 35.7 Å². The molecule has 3 nitrogen and oxygen atoms in total. The van der Waals surface area contributed by atoms with Crippen molar-refractivity contribution in [1.82, 2.24) is 15.3 Å². The lowest BCUT2D eigenvalue weighted by molar-refractivity contribution is 0.623. The van der Waals surface area contributed by atoms with E-state index >= 15 is 0 Å². The van der Waals surface area contributed by atoms with Crippen LogP contribution in [0.25, 0.3) is 0 Å². The van der Waals surface area contributed by atoms with Crippen LogP contribution >= 0.6 is 11.8 Å². The van der Waals surface area contributed by atoms with E-state index < -0.39 is 0 Å². The molecule has 16 heavy (non-hydrogen) atoms. The van der Waals surface area contributed by atoms with Crippen LogP contribution in [0.5, 0.6) is 0 Å². The van der Waals surface area contributed by atoms with Crippen LogP contribution in [0.15, 0.2) is 29.6 Å². The Bertz CT molecular complexity index is 350. The van der Waals surface area contributed by atoms with E-state index in [0.717, 1.165) is 23.1 Å². The first-order valence-electron chi connectivity index (χ1n) is 5.40. The van der Waals surface area contributed by atoms with Crippen molar-refractivity contribution >= 4 is 11.8 Å². The highest BCUT2D eigenvalue weighted by Gasteiger charge is 2.01. The Morgan fingerprint density at radius 1 is 1.56 bits per heavy atom. The molecular formula is C12H19N3S. The van der Waals surface area contributed by atoms with Gasteiger partial charge in [0.25, 0.3) is 0 Å². The van der Waals surface area contributed by atoms with E-state index in [1.807, 2.05) is 13.0 Å². The number of rotatable bonds is 6. The first-order chi connectivity index (χ1) is 7.58. The van der Waals surface area contributed by atoms with E-state index in [1.54, 1.807) is 18.0 Å². The third kappa shape index (κ3) is 5.28. The highest BCUT2D eigenvalue weighted by Crippen LogP contribution is 2.14. The van der Waals surface area contributed by atoms with Gasteiger partial charge in [0.05, 0.1) is 0 Å². The minimum atomic E-state index is 0.497. The van der Waals surface area contributed by atoms with Gasteiger partial charge >= 0.3 is 0 Å². The molecule has 0 fully saturated rings. The summed E-state index contributed by atoms with van der Waals surface area (Å²) in [4.78, 5) is 8.53. The van der Waals surface area contributed by atoms with Crippen LogP contribution in [0, 0.1) is 6.92 Å². The van der Waals surface area contributed by atoms with Gasteiger partial charge in [0.1, 0.15) is 0 Å². The smallest absolute Gasteiger partial charge is 0.188 e. The molecule has 0 saturated heterocycles. The third-order valence-electron chi connectivity index (χ3n) is 1.94. The summed E-state index contributed by atoms with van der Waals surface area (Å²) in [7, 11) is 0. The van der Waals surface area contributed by atoms with Gasteiger partial charge in [-0.15, -0.1) is 0 Å². The molecule has 1 N–H and O–H groups in total. The van der Waals surface area contributed by atoms with E-state index in [9.17, 15) is 0 Å². The van der Waals surface area contributed by atoms with Crippen molar-refractivity contribution in [2.75, 3.05) is 12.3 Å². The predicted molar refractivity (Wildman–Crippen MR) is 69.8 cm³/mol. The zero-order valence-electron chi connectivity index (χ0n) is 10.2. The number of thioether (sulfide) groups is 1. The zero-order chi connectivity index (χ0) is 12.0. The minimum absolute atomic E-state index is 0.497. The highest BCUT2D eigenvalue weighted by molar-refractivity contribution is 7.99. The fourth-order valence-electron chi connectivity index (χ4n) is 1.06. The lowest BCUT2D eigenvalue weighted by Gasteiger charge is -2.09. The molecule has 0 aliphatic heterocycles. The number of nitrogens with one attached hydrogen (secondary N) is 1. The second-order valence-corrected chi connectivity index (χ2v) is 5.00. The Labute approximate surface area is 102 Å². The first-order valence-corrected chi connectivity index (χ1v) is 6.39. The van der Waals surface area contributed by atoms with Crippen molar-refractivity contribution in [3.8, 4) is 0 Å². The topological polar surface area (TPSA) is 37.8 Å². The molecule has 0 bridgehead atoms. The molecule has 1 aromatic rings. The standard InChI is InChI=1S/C12H19N3S/c1-9(2)14-7-10(3)8-16-12-13-6-5-11(4)15-12/h5-6,9,14H,3,7-8H2,1-2,4H3. The summed E-state index contributed by atoms with van der Waals surface area (Å²) >= 11 is 1.63. The van der Waals surface area contributed by atoms with Gasteiger partial charge in [-0.1, -0.05) is 37.8 Å². The number of hydrogen-bond donors (Lipinski definition) is 1. The van der Waals surface area contributed by atoms with Crippen LogP contribution in [-0.4, -0.2) is 28.3 Å². The van der Waals surface area contributed by atoms with Crippen molar-refractivity contribution in [3.05, 3.63) is 30.1 Å². The molecule has 0 saturated carbocycles. The van der Waals surface area contributed by atoms with Crippen molar-refractivity contribution in [2.24, 2.45) is 0 Å². The molecule has 0 aliphatic rings. The quantitative estimate of drug-likeness (QED) is 0.468. The molecule has 88 valence electrons. The molecular weight excluding hydrogens is 218 g/mol. The minimum Gasteiger partial charge on any atom is -0.311 e. The Kier molecular flexibility index (Phi) is 5.49. The zero-order valence-corrected chi connectivity index (χ0v) is 11.0. The molecule has 0 atom stereocenters. The Balaban J connectivity index is 2.31. The van der Waals surface area contributed by atoms with Crippen LogP contribution in [-0.2, 0) is 0 Å². The maximum absolute atomic E-state index is 4.33. The summed E-state index contributed by atoms with van der Waals surface area (Å²) in [5.74, 6) is 0.864. The number of hydrogen-bond acceptors (Lipinski definition) is 4. The largest absolute Gasteiger partial charge is 0.311 e. The van der Waals surface area contributed by atoms with Gasteiger partial charge in [-0.3, -0.25) is 0 Å². The summed E-state index contributed by atoms with van der Waals surface area (Å²) in [5.41, 5.74) is 2.17. The third-order valence-corrected chi connectivity index (χ3v) is 2.95. The molecule has 0 aromatic carbocycles. The average Bonchev–Trinajstić information content (AvgIpc) is 2.23. The summed E-state index contributed by atoms with van der Waals surface area (Å²) in [6.07, 6.45) is 1.79. The van der Waals surface area contributed by atoms with Crippen molar-refractivity contribution < 1.29 is 0 Å². The predicted octanol–water partition coefficient (Wildman–Crippen LogP) is 2.43. The number of aryl methyl sites for hydroxylation is 1. The fraction of sp³-hybridized carbons (Fsp3) is 0.500. The summed E-state index contributed by atoms with van der Waals surface area (Å²) < 4.78 is 0. The van der Waals surface area contributed by atoms with Gasteiger partial charge in [-0.05, 0) is 13.0 Å². The van der Waals surface area contributed by atoms with Gasteiger partial charge in [0.2, 0.25) is 0 Å². The first kappa shape index (κ1) is 13.2. The van der Waals surface area contributed by atoms with E-state index in [4.69, 9.17) is 0 Å². The van der Waals surface area contributed by atoms with Crippen molar-refractivity contribution in [1.29, 1.82) is 0 Å². The van der Waals surface area contributed by atoms with E-state index in [-0.39, 0.29) is 0 Å². The second kappa shape index (κ2) is 6.66. The molecule has 4 heteroatoms. The Hall–Kier alpha value is -0.870. The normalized spacial score (nSPS) is 10.8. The maximum Gasteiger partial charge on any atom is 0.188 e. The van der Waals surface area contributed by atoms with Crippen molar-refractivity contribution in [2.45, 2.75) is 32.0 Å². The lowest BCUT2D eigenvalue weighted by Crippen LogP contribution is -2.25. The van der Waals surface area contributed by atoms with Gasteiger partial charge in [0.15, 0.2) is 5.16 Å². The van der Waals surface area contributed by atoms with Crippen LogP contribution in [0.1, 0.15) is 19.5 Å². The Morgan fingerprint density at radius 3 is 2.94 bits per heavy atom. The van der Waals surface area contributed by atoms with Gasteiger partial charge in [0, 0.05) is 30.2 Å². The van der Waals surface area contributed by atoms with E-state index in [1.165, 1.54) is 5.57 Å². The molecule has 0 radical (unpaired) electrons. The fourth-order valence-corrected chi connectivity index (χ4v) is 1.84. The van der Waals surface area contributed by atoms with Crippen LogP contribution in [0.3, 0.4) is 0 Å². The summed E-state index contributed by atoms with van der Waals surface area (Å²) in [5, 5.41) is 4.16. The average molecular weight is 237 g/mol. The maximum atomic E-state index is 4.33. The Morgan fingerprint density at radius 2 is 2.31 bits per heavy atom. The SMILES string of the molecule is C=C(CNC(C)C)CSc1nccc(C)n1. The molecule has 1 heterocycles. The lowest BCUT2D eigenvalue weighted by atomic mass is 10.3. The van der Waals surface area contributed by atoms with Crippen LogP contribution in [0.4, 0.5) is 0 Å². The molecule has 0 aliphatic carbocycles. The summed E-state index contributed by atoms with van der Waals surface area (Å²) in [6.45, 7) is 11.1. The summed E-state index contributed by atoms with van der Waals surface area (Å²) in [6, 6.07) is 2.40. The van der Waals surface area contributed by atoms with Crippen molar-refractivity contribution in [3.63, 3.8) is 0 Å². The van der Waals surface area contributed by atoms with Crippen LogP contribution < -0.4 is 5.32 Å². The van der Waals surface area contributed by atoms with Crippen LogP contribution in [0.2, 0.25) is 0 Å². The van der Waals surface area contributed by atoms with Gasteiger partial charge in [-0.25, -0.2) is 9.97 Å². The highest BCUT2D eigenvalue weighted by atomic mass is 32.2. The molecule has 1 aromatic heterocycles. The molecule has 0 amide bonds. The number of nitrogens with zero attached hydrogens (tertiary/aromatic N) is 2. The monoisotopic (exact) mass is 237 g/mol. The van der Waals surface area contributed by atoms with E-state index in [0.29, 0.717) is 6.04 Å². The molecule has 0 spiro atoms. The van der Waals surface area contributed by atoms with Gasteiger partial charge < -0.3 is 5.32 Å².